The van der Waals surface area contributed by atoms with E-state index in [1.54, 1.807) is 23.9 Å². The molecule has 3 N–H and O–H groups in total. The average Bonchev–Trinajstić information content (AvgIpc) is 3.23. The van der Waals surface area contributed by atoms with Crippen LogP contribution < -0.4 is 11.1 Å². The zero-order valence-corrected chi connectivity index (χ0v) is 18.6. The van der Waals surface area contributed by atoms with Crippen molar-refractivity contribution in [2.45, 2.75) is 10.9 Å². The number of carbonyl (C=O) groups is 1. The number of imidazole rings is 1. The number of nitrogens with two attached hydrogens (primary N) is 1. The average molecular weight is 451 g/mol. The summed E-state index contributed by atoms with van der Waals surface area (Å²) in [6, 6.07) is 33.3. The first-order chi connectivity index (χ1) is 16.2. The lowest BCUT2D eigenvalue weighted by Crippen LogP contribution is -2.13. The third-order valence-corrected chi connectivity index (χ3v) is 6.35. The van der Waals surface area contributed by atoms with Crippen molar-refractivity contribution in [1.82, 2.24) is 9.55 Å². The summed E-state index contributed by atoms with van der Waals surface area (Å²) in [5.41, 5.74) is 11.9. The van der Waals surface area contributed by atoms with Gasteiger partial charge in [-0.15, -0.1) is 0 Å². The van der Waals surface area contributed by atoms with Gasteiger partial charge in [0.05, 0.1) is 22.4 Å². The van der Waals surface area contributed by atoms with Crippen LogP contribution in [0.3, 0.4) is 0 Å². The van der Waals surface area contributed by atoms with E-state index in [4.69, 9.17) is 10.7 Å². The van der Waals surface area contributed by atoms with Gasteiger partial charge < -0.3 is 11.1 Å². The second-order valence-electron chi connectivity index (χ2n) is 7.58. The van der Waals surface area contributed by atoms with Crippen molar-refractivity contribution in [3.63, 3.8) is 0 Å². The summed E-state index contributed by atoms with van der Waals surface area (Å²) >= 11 is 1.67. The predicted octanol–water partition coefficient (Wildman–Crippen LogP) is 6.15. The van der Waals surface area contributed by atoms with Crippen molar-refractivity contribution in [2.24, 2.45) is 0 Å². The Morgan fingerprint density at radius 1 is 0.848 bits per heavy atom. The molecule has 162 valence electrons. The van der Waals surface area contributed by atoms with Crippen LogP contribution >= 0.6 is 11.8 Å². The van der Waals surface area contributed by atoms with Gasteiger partial charge in [-0.25, -0.2) is 4.98 Å². The summed E-state index contributed by atoms with van der Waals surface area (Å²) in [5, 5.41) is 3.80. The summed E-state index contributed by atoms with van der Waals surface area (Å²) in [6.45, 7) is 0. The van der Waals surface area contributed by atoms with Crippen LogP contribution in [0.2, 0.25) is 0 Å². The van der Waals surface area contributed by atoms with Gasteiger partial charge in [0, 0.05) is 17.0 Å². The molecule has 0 fully saturated rings. The van der Waals surface area contributed by atoms with E-state index in [1.165, 1.54) is 0 Å². The number of hydrogen-bond donors (Lipinski definition) is 2. The van der Waals surface area contributed by atoms with Gasteiger partial charge in [0.2, 0.25) is 0 Å². The molecule has 0 unspecified atom stereocenters. The number of nitrogens with zero attached hydrogens (tertiary/aromatic N) is 2. The quantitative estimate of drug-likeness (QED) is 0.240. The van der Waals surface area contributed by atoms with Crippen LogP contribution in [0.1, 0.15) is 15.9 Å². The molecular weight excluding hydrogens is 428 g/mol. The van der Waals surface area contributed by atoms with Gasteiger partial charge in [0.15, 0.2) is 5.16 Å². The van der Waals surface area contributed by atoms with E-state index in [0.29, 0.717) is 16.9 Å². The Bertz CT molecular complexity index is 1410. The van der Waals surface area contributed by atoms with E-state index < -0.39 is 0 Å². The number of rotatable bonds is 6. The highest BCUT2D eigenvalue weighted by Gasteiger charge is 2.13. The van der Waals surface area contributed by atoms with Crippen LogP contribution in [0.4, 0.5) is 11.4 Å². The molecule has 1 aromatic heterocycles. The zero-order chi connectivity index (χ0) is 22.6. The number of benzene rings is 4. The molecule has 0 saturated carbocycles. The summed E-state index contributed by atoms with van der Waals surface area (Å²) in [6.07, 6.45) is 0. The standard InChI is InChI=1S/C27H22N4OS/c28-22-10-4-5-11-23(22)29-26(32)20-16-14-19(15-17-20)18-33-27-30-24-12-6-7-13-25(24)31(27)21-8-2-1-3-9-21/h1-17H,18,28H2,(H,29,32). The smallest absolute Gasteiger partial charge is 0.255 e. The number of aromatic nitrogens is 2. The molecule has 5 nitrogen and oxygen atoms in total. The molecule has 0 aliphatic carbocycles. The number of amides is 1. The number of hydrogen-bond acceptors (Lipinski definition) is 4. The molecule has 6 heteroatoms. The number of anilines is 2. The normalized spacial score (nSPS) is 10.9. The number of para-hydroxylation sites is 5. The first-order valence-electron chi connectivity index (χ1n) is 10.6. The highest BCUT2D eigenvalue weighted by Crippen LogP contribution is 2.30. The molecule has 0 aliphatic heterocycles. The molecular formula is C27H22N4OS. The van der Waals surface area contributed by atoms with Crippen molar-refractivity contribution in [2.75, 3.05) is 11.1 Å². The van der Waals surface area contributed by atoms with E-state index in [9.17, 15) is 4.79 Å². The largest absolute Gasteiger partial charge is 0.397 e. The predicted molar refractivity (Wildman–Crippen MR) is 136 cm³/mol. The van der Waals surface area contributed by atoms with Crippen molar-refractivity contribution in [1.29, 1.82) is 0 Å². The fraction of sp³-hybridized carbons (Fsp3) is 0.0370. The number of nitrogens with one attached hydrogen (secondary N) is 1. The minimum absolute atomic E-state index is 0.182. The lowest BCUT2D eigenvalue weighted by molar-refractivity contribution is 0.102. The molecule has 4 aromatic carbocycles. The Morgan fingerprint density at radius 3 is 2.33 bits per heavy atom. The van der Waals surface area contributed by atoms with E-state index in [2.05, 4.69) is 28.1 Å². The molecule has 1 amide bonds. The highest BCUT2D eigenvalue weighted by molar-refractivity contribution is 7.98. The van der Waals surface area contributed by atoms with E-state index in [1.807, 2.05) is 72.8 Å². The lowest BCUT2D eigenvalue weighted by Gasteiger charge is -2.10. The fourth-order valence-electron chi connectivity index (χ4n) is 3.63. The first kappa shape index (κ1) is 20.8. The molecule has 0 bridgehead atoms. The molecule has 0 atom stereocenters. The van der Waals surface area contributed by atoms with Gasteiger partial charge in [-0.3, -0.25) is 9.36 Å². The molecule has 5 aromatic rings. The minimum atomic E-state index is -0.182. The van der Waals surface area contributed by atoms with Crippen LogP contribution in [-0.2, 0) is 5.75 Å². The second-order valence-corrected chi connectivity index (χ2v) is 8.52. The maximum atomic E-state index is 12.6. The molecule has 0 radical (unpaired) electrons. The van der Waals surface area contributed by atoms with Gasteiger partial charge in [-0.2, -0.15) is 0 Å². The van der Waals surface area contributed by atoms with Crippen molar-refractivity contribution >= 4 is 40.1 Å². The maximum Gasteiger partial charge on any atom is 0.255 e. The third-order valence-electron chi connectivity index (χ3n) is 5.34. The van der Waals surface area contributed by atoms with Gasteiger partial charge >= 0.3 is 0 Å². The summed E-state index contributed by atoms with van der Waals surface area (Å²) < 4.78 is 2.19. The molecule has 0 aliphatic rings. The molecule has 1 heterocycles. The molecule has 0 saturated heterocycles. The Balaban J connectivity index is 1.33. The zero-order valence-electron chi connectivity index (χ0n) is 17.8. The monoisotopic (exact) mass is 450 g/mol. The Hall–Kier alpha value is -4.03. The van der Waals surface area contributed by atoms with Gasteiger partial charge in [-0.05, 0) is 54.1 Å². The molecule has 33 heavy (non-hydrogen) atoms. The minimum Gasteiger partial charge on any atom is -0.397 e. The van der Waals surface area contributed by atoms with Crippen LogP contribution in [0.25, 0.3) is 16.7 Å². The van der Waals surface area contributed by atoms with Crippen LogP contribution in [-0.4, -0.2) is 15.5 Å². The molecule has 5 rings (SSSR count). The van der Waals surface area contributed by atoms with Crippen LogP contribution in [0, 0.1) is 0 Å². The number of carbonyl (C=O) groups excluding carboxylic acids is 1. The van der Waals surface area contributed by atoms with Crippen molar-refractivity contribution in [3.8, 4) is 5.69 Å². The van der Waals surface area contributed by atoms with E-state index in [0.717, 1.165) is 33.2 Å². The summed E-state index contributed by atoms with van der Waals surface area (Å²) in [4.78, 5) is 17.4. The third kappa shape index (κ3) is 4.47. The number of thioether (sulfide) groups is 1. The topological polar surface area (TPSA) is 72.9 Å². The summed E-state index contributed by atoms with van der Waals surface area (Å²) in [7, 11) is 0. The van der Waals surface area contributed by atoms with Gasteiger partial charge in [-0.1, -0.05) is 66.4 Å². The van der Waals surface area contributed by atoms with Crippen molar-refractivity contribution < 1.29 is 4.79 Å². The molecule has 0 spiro atoms. The van der Waals surface area contributed by atoms with Crippen LogP contribution in [0.5, 0.6) is 0 Å². The van der Waals surface area contributed by atoms with Crippen molar-refractivity contribution in [3.05, 3.63) is 114 Å². The Morgan fingerprint density at radius 2 is 1.55 bits per heavy atom. The van der Waals surface area contributed by atoms with E-state index >= 15 is 0 Å². The van der Waals surface area contributed by atoms with E-state index in [-0.39, 0.29) is 5.91 Å². The van der Waals surface area contributed by atoms with Gasteiger partial charge in [0.25, 0.3) is 5.91 Å². The first-order valence-corrected chi connectivity index (χ1v) is 11.6. The summed E-state index contributed by atoms with van der Waals surface area (Å²) in [5.74, 6) is 0.557. The Kier molecular flexibility index (Phi) is 5.83. The number of nitrogen functional groups attached to an aromatic ring is 1. The second kappa shape index (κ2) is 9.22. The fourth-order valence-corrected chi connectivity index (χ4v) is 4.62. The highest BCUT2D eigenvalue weighted by atomic mass is 32.2. The number of fused-ring (bicyclic) bond motifs is 1. The lowest BCUT2D eigenvalue weighted by atomic mass is 10.1. The van der Waals surface area contributed by atoms with Gasteiger partial charge in [0.1, 0.15) is 0 Å². The Labute approximate surface area is 196 Å². The maximum absolute atomic E-state index is 12.6. The SMILES string of the molecule is Nc1ccccc1NC(=O)c1ccc(CSc2nc3ccccc3n2-c2ccccc2)cc1. The van der Waals surface area contributed by atoms with Crippen LogP contribution in [0.15, 0.2) is 108 Å².